The first-order valence-corrected chi connectivity index (χ1v) is 6.34. The average Bonchev–Trinajstić information content (AvgIpc) is 2.20. The lowest BCUT2D eigenvalue weighted by molar-refractivity contribution is -0.109. The number of carbonyl (C=O) groups excluding carboxylic acids is 1. The van der Waals surface area contributed by atoms with Crippen molar-refractivity contribution >= 4 is 28.5 Å². The molecule has 0 spiro atoms. The Hall–Kier alpha value is -0.910. The highest BCUT2D eigenvalue weighted by atomic mass is 35.5. The Labute approximate surface area is 106 Å². The summed E-state index contributed by atoms with van der Waals surface area (Å²) in [7, 11) is 0. The summed E-state index contributed by atoms with van der Waals surface area (Å²) < 4.78 is 0. The van der Waals surface area contributed by atoms with E-state index in [9.17, 15) is 4.79 Å². The van der Waals surface area contributed by atoms with E-state index in [2.05, 4.69) is 11.8 Å². The topological polar surface area (TPSA) is 17.1 Å². The Balaban J connectivity index is 2.53. The summed E-state index contributed by atoms with van der Waals surface area (Å²) in [5.74, 6) is 6.76. The Kier molecular flexibility index (Phi) is 5.45. The van der Waals surface area contributed by atoms with Gasteiger partial charge in [-0.2, -0.15) is 0 Å². The van der Waals surface area contributed by atoms with Crippen LogP contribution in [0.3, 0.4) is 0 Å². The van der Waals surface area contributed by atoms with Gasteiger partial charge in [-0.15, -0.1) is 0 Å². The number of halogens is 1. The third-order valence-corrected chi connectivity index (χ3v) is 3.01. The SMILES string of the molecule is CC(=O)SCCC#Cc1ccc(C)cc1Cl. The fraction of sp³-hybridized carbons (Fsp3) is 0.308. The minimum atomic E-state index is 0.134. The zero-order valence-corrected chi connectivity index (χ0v) is 10.9. The van der Waals surface area contributed by atoms with Crippen LogP contribution in [0.15, 0.2) is 18.2 Å². The lowest BCUT2D eigenvalue weighted by Gasteiger charge is -1.96. The van der Waals surface area contributed by atoms with Crippen molar-refractivity contribution in [3.63, 3.8) is 0 Å². The van der Waals surface area contributed by atoms with E-state index in [4.69, 9.17) is 11.6 Å². The second-order valence-electron chi connectivity index (χ2n) is 3.38. The molecule has 0 aliphatic heterocycles. The number of carbonyl (C=O) groups is 1. The predicted octanol–water partition coefficient (Wildman–Crippen LogP) is 3.67. The summed E-state index contributed by atoms with van der Waals surface area (Å²) >= 11 is 7.33. The van der Waals surface area contributed by atoms with Gasteiger partial charge >= 0.3 is 0 Å². The summed E-state index contributed by atoms with van der Waals surface area (Å²) in [6, 6.07) is 5.80. The maximum atomic E-state index is 10.7. The van der Waals surface area contributed by atoms with Gasteiger partial charge in [-0.1, -0.05) is 41.3 Å². The lowest BCUT2D eigenvalue weighted by Crippen LogP contribution is -1.84. The molecule has 1 aromatic rings. The van der Waals surface area contributed by atoms with Crippen LogP contribution in [0.5, 0.6) is 0 Å². The van der Waals surface area contributed by atoms with E-state index < -0.39 is 0 Å². The molecular formula is C13H13ClOS. The zero-order chi connectivity index (χ0) is 12.0. The second kappa shape index (κ2) is 6.62. The largest absolute Gasteiger partial charge is 0.288 e. The van der Waals surface area contributed by atoms with Gasteiger partial charge in [-0.3, -0.25) is 4.79 Å². The average molecular weight is 253 g/mol. The normalized spacial score (nSPS) is 9.44. The van der Waals surface area contributed by atoms with E-state index in [1.165, 1.54) is 11.8 Å². The van der Waals surface area contributed by atoms with Gasteiger partial charge < -0.3 is 0 Å². The molecule has 3 heteroatoms. The number of benzene rings is 1. The summed E-state index contributed by atoms with van der Waals surface area (Å²) in [5.41, 5.74) is 1.97. The highest BCUT2D eigenvalue weighted by molar-refractivity contribution is 8.13. The van der Waals surface area contributed by atoms with Gasteiger partial charge in [0, 0.05) is 24.7 Å². The van der Waals surface area contributed by atoms with E-state index in [-0.39, 0.29) is 5.12 Å². The van der Waals surface area contributed by atoms with Crippen molar-refractivity contribution in [2.24, 2.45) is 0 Å². The van der Waals surface area contributed by atoms with E-state index in [1.807, 2.05) is 25.1 Å². The molecule has 1 aromatic carbocycles. The highest BCUT2D eigenvalue weighted by Gasteiger charge is 1.96. The first-order valence-electron chi connectivity index (χ1n) is 4.98. The summed E-state index contributed by atoms with van der Waals surface area (Å²) in [6.45, 7) is 3.56. The lowest BCUT2D eigenvalue weighted by atomic mass is 10.1. The van der Waals surface area contributed by atoms with Gasteiger partial charge in [0.05, 0.1) is 5.02 Å². The minimum absolute atomic E-state index is 0.134. The zero-order valence-electron chi connectivity index (χ0n) is 9.34. The number of aryl methyl sites for hydroxylation is 1. The van der Waals surface area contributed by atoms with Crippen molar-refractivity contribution in [3.05, 3.63) is 34.3 Å². The van der Waals surface area contributed by atoms with Crippen LogP contribution in [0.25, 0.3) is 0 Å². The molecule has 0 aliphatic carbocycles. The Bertz CT molecular complexity index is 443. The molecule has 0 atom stereocenters. The maximum Gasteiger partial charge on any atom is 0.185 e. The Morgan fingerprint density at radius 3 is 2.88 bits per heavy atom. The summed E-state index contributed by atoms with van der Waals surface area (Å²) in [5, 5.41) is 0.821. The van der Waals surface area contributed by atoms with Gasteiger partial charge in [0.2, 0.25) is 0 Å². The fourth-order valence-electron chi connectivity index (χ4n) is 1.13. The van der Waals surface area contributed by atoms with Crippen molar-refractivity contribution in [1.29, 1.82) is 0 Å². The second-order valence-corrected chi connectivity index (χ2v) is 5.05. The Morgan fingerprint density at radius 2 is 2.25 bits per heavy atom. The van der Waals surface area contributed by atoms with Crippen molar-refractivity contribution in [2.45, 2.75) is 20.3 Å². The highest BCUT2D eigenvalue weighted by Crippen LogP contribution is 2.16. The van der Waals surface area contributed by atoms with Gasteiger partial charge in [0.15, 0.2) is 5.12 Å². The molecule has 0 heterocycles. The summed E-state index contributed by atoms with van der Waals surface area (Å²) in [6.07, 6.45) is 0.703. The van der Waals surface area contributed by atoms with Crippen LogP contribution < -0.4 is 0 Å². The van der Waals surface area contributed by atoms with Gasteiger partial charge in [-0.25, -0.2) is 0 Å². The van der Waals surface area contributed by atoms with Crippen LogP contribution >= 0.6 is 23.4 Å². The Morgan fingerprint density at radius 1 is 1.50 bits per heavy atom. The van der Waals surface area contributed by atoms with Gasteiger partial charge in [0.1, 0.15) is 0 Å². The molecule has 84 valence electrons. The molecule has 0 amide bonds. The number of hydrogen-bond donors (Lipinski definition) is 0. The third kappa shape index (κ3) is 4.74. The van der Waals surface area contributed by atoms with Crippen LogP contribution in [0.1, 0.15) is 24.5 Å². The quantitative estimate of drug-likeness (QED) is 0.590. The molecule has 1 rings (SSSR count). The molecule has 0 saturated carbocycles. The maximum absolute atomic E-state index is 10.7. The van der Waals surface area contributed by atoms with Crippen LogP contribution in [0, 0.1) is 18.8 Å². The number of hydrogen-bond acceptors (Lipinski definition) is 2. The van der Waals surface area contributed by atoms with E-state index in [0.29, 0.717) is 11.4 Å². The standard InChI is InChI=1S/C13H13ClOS/c1-10-6-7-12(13(14)9-10)5-3-4-8-16-11(2)15/h6-7,9H,4,8H2,1-2H3. The molecule has 0 saturated heterocycles. The van der Waals surface area contributed by atoms with Crippen molar-refractivity contribution in [1.82, 2.24) is 0 Å². The molecule has 0 fully saturated rings. The van der Waals surface area contributed by atoms with Crippen LogP contribution in [0.2, 0.25) is 5.02 Å². The van der Waals surface area contributed by atoms with Crippen molar-refractivity contribution in [3.8, 4) is 11.8 Å². The van der Waals surface area contributed by atoms with Crippen LogP contribution in [0.4, 0.5) is 0 Å². The van der Waals surface area contributed by atoms with E-state index in [1.54, 1.807) is 6.92 Å². The van der Waals surface area contributed by atoms with Crippen molar-refractivity contribution < 1.29 is 4.79 Å². The van der Waals surface area contributed by atoms with Crippen molar-refractivity contribution in [2.75, 3.05) is 5.75 Å². The van der Waals surface area contributed by atoms with E-state index >= 15 is 0 Å². The number of rotatable bonds is 2. The molecule has 16 heavy (non-hydrogen) atoms. The minimum Gasteiger partial charge on any atom is -0.288 e. The first kappa shape index (κ1) is 13.2. The number of thioether (sulfide) groups is 1. The van der Waals surface area contributed by atoms with Crippen LogP contribution in [-0.4, -0.2) is 10.9 Å². The molecular weight excluding hydrogens is 240 g/mol. The monoisotopic (exact) mass is 252 g/mol. The molecule has 0 bridgehead atoms. The molecule has 1 nitrogen and oxygen atoms in total. The van der Waals surface area contributed by atoms with Crippen LogP contribution in [-0.2, 0) is 4.79 Å². The molecule has 0 aliphatic rings. The molecule has 0 N–H and O–H groups in total. The summed E-state index contributed by atoms with van der Waals surface area (Å²) in [4.78, 5) is 10.7. The molecule has 0 aromatic heterocycles. The van der Waals surface area contributed by atoms with E-state index in [0.717, 1.165) is 16.9 Å². The first-order chi connectivity index (χ1) is 7.59. The van der Waals surface area contributed by atoms with Gasteiger partial charge in [0.25, 0.3) is 0 Å². The fourth-order valence-corrected chi connectivity index (χ4v) is 1.90. The molecule has 0 unspecified atom stereocenters. The van der Waals surface area contributed by atoms with Gasteiger partial charge in [-0.05, 0) is 24.6 Å². The molecule has 0 radical (unpaired) electrons. The third-order valence-electron chi connectivity index (χ3n) is 1.88. The predicted molar refractivity (Wildman–Crippen MR) is 70.8 cm³/mol. The smallest absolute Gasteiger partial charge is 0.185 e.